The second-order valence-electron chi connectivity index (χ2n) is 3.71. The van der Waals surface area contributed by atoms with E-state index in [1.807, 2.05) is 18.2 Å². The van der Waals surface area contributed by atoms with Gasteiger partial charge < -0.3 is 10.5 Å². The first-order valence-electron chi connectivity index (χ1n) is 4.91. The zero-order valence-electron chi connectivity index (χ0n) is 8.00. The van der Waals surface area contributed by atoms with Crippen LogP contribution in [0, 0.1) is 5.92 Å². The number of ether oxygens (including phenoxy) is 1. The number of benzene rings is 1. The summed E-state index contributed by atoms with van der Waals surface area (Å²) in [5, 5.41) is 0. The van der Waals surface area contributed by atoms with E-state index in [0.29, 0.717) is 6.54 Å². The maximum Gasteiger partial charge on any atom is 0.120 e. The van der Waals surface area contributed by atoms with Crippen molar-refractivity contribution in [3.63, 3.8) is 0 Å². The second-order valence-corrected chi connectivity index (χ2v) is 4.57. The van der Waals surface area contributed by atoms with E-state index in [0.717, 1.165) is 28.3 Å². The van der Waals surface area contributed by atoms with Crippen LogP contribution in [-0.2, 0) is 6.54 Å². The molecule has 0 unspecified atom stereocenters. The van der Waals surface area contributed by atoms with Crippen LogP contribution in [0.2, 0.25) is 0 Å². The normalized spacial score (nSPS) is 15.6. The van der Waals surface area contributed by atoms with Crippen LogP contribution in [0.4, 0.5) is 0 Å². The monoisotopic (exact) mass is 255 g/mol. The van der Waals surface area contributed by atoms with Crippen molar-refractivity contribution in [2.45, 2.75) is 19.4 Å². The van der Waals surface area contributed by atoms with Gasteiger partial charge >= 0.3 is 0 Å². The molecule has 2 nitrogen and oxygen atoms in total. The molecule has 0 aliphatic heterocycles. The molecule has 1 fully saturated rings. The molecule has 0 saturated heterocycles. The van der Waals surface area contributed by atoms with Crippen LogP contribution in [0.25, 0.3) is 0 Å². The summed E-state index contributed by atoms with van der Waals surface area (Å²) >= 11 is 3.47. The van der Waals surface area contributed by atoms with E-state index in [1.54, 1.807) is 0 Å². The van der Waals surface area contributed by atoms with Gasteiger partial charge in [-0.1, -0.05) is 22.0 Å². The van der Waals surface area contributed by atoms with Crippen LogP contribution in [0.3, 0.4) is 0 Å². The molecule has 1 aliphatic rings. The minimum absolute atomic E-state index is 0.559. The van der Waals surface area contributed by atoms with Crippen molar-refractivity contribution in [1.29, 1.82) is 0 Å². The lowest BCUT2D eigenvalue weighted by Crippen LogP contribution is -2.01. The van der Waals surface area contributed by atoms with E-state index in [9.17, 15) is 0 Å². The average Bonchev–Trinajstić information content (AvgIpc) is 2.98. The minimum Gasteiger partial charge on any atom is -0.493 e. The largest absolute Gasteiger partial charge is 0.493 e. The fraction of sp³-hybridized carbons (Fsp3) is 0.455. The molecule has 0 atom stereocenters. The Morgan fingerprint density at radius 3 is 2.79 bits per heavy atom. The molecule has 0 heterocycles. The van der Waals surface area contributed by atoms with Crippen molar-refractivity contribution in [3.05, 3.63) is 28.2 Å². The third-order valence-corrected chi connectivity index (χ3v) is 3.17. The fourth-order valence-corrected chi connectivity index (χ4v) is 1.80. The van der Waals surface area contributed by atoms with E-state index in [4.69, 9.17) is 10.5 Å². The topological polar surface area (TPSA) is 35.2 Å². The standard InChI is InChI=1S/C11H14BrNO/c12-11-5-10(4-3-9(11)6-13)14-7-8-1-2-8/h3-5,8H,1-2,6-7,13H2. The lowest BCUT2D eigenvalue weighted by Gasteiger charge is -2.07. The van der Waals surface area contributed by atoms with Gasteiger partial charge in [-0.15, -0.1) is 0 Å². The molecular weight excluding hydrogens is 242 g/mol. The van der Waals surface area contributed by atoms with Crippen molar-refractivity contribution in [2.24, 2.45) is 11.7 Å². The fourth-order valence-electron chi connectivity index (χ4n) is 1.28. The summed E-state index contributed by atoms with van der Waals surface area (Å²) in [5.41, 5.74) is 6.68. The maximum absolute atomic E-state index is 5.64. The Morgan fingerprint density at radius 2 is 2.21 bits per heavy atom. The Balaban J connectivity index is 1.99. The molecule has 0 spiro atoms. The molecule has 3 heteroatoms. The zero-order chi connectivity index (χ0) is 9.97. The molecule has 1 aromatic rings. The SMILES string of the molecule is NCc1ccc(OCC2CC2)cc1Br. The van der Waals surface area contributed by atoms with Gasteiger partial charge in [0.2, 0.25) is 0 Å². The predicted molar refractivity (Wildman–Crippen MR) is 60.3 cm³/mol. The quantitative estimate of drug-likeness (QED) is 0.898. The summed E-state index contributed by atoms with van der Waals surface area (Å²) in [7, 11) is 0. The lowest BCUT2D eigenvalue weighted by atomic mass is 10.2. The Morgan fingerprint density at radius 1 is 1.43 bits per heavy atom. The summed E-state index contributed by atoms with van der Waals surface area (Å²) < 4.78 is 6.67. The van der Waals surface area contributed by atoms with Crippen LogP contribution in [-0.4, -0.2) is 6.61 Å². The summed E-state index contributed by atoms with van der Waals surface area (Å²) in [6.45, 7) is 1.41. The summed E-state index contributed by atoms with van der Waals surface area (Å²) in [5.74, 6) is 1.73. The van der Waals surface area contributed by atoms with Crippen molar-refractivity contribution in [1.82, 2.24) is 0 Å². The molecule has 1 aliphatic carbocycles. The van der Waals surface area contributed by atoms with E-state index in [-0.39, 0.29) is 0 Å². The van der Waals surface area contributed by atoms with Crippen molar-refractivity contribution >= 4 is 15.9 Å². The highest BCUT2D eigenvalue weighted by atomic mass is 79.9. The Labute approximate surface area is 92.6 Å². The molecule has 0 bridgehead atoms. The summed E-state index contributed by atoms with van der Waals surface area (Å²) in [6, 6.07) is 5.98. The highest BCUT2D eigenvalue weighted by Crippen LogP contribution is 2.30. The Kier molecular flexibility index (Phi) is 3.08. The van der Waals surface area contributed by atoms with Gasteiger partial charge in [-0.05, 0) is 36.5 Å². The van der Waals surface area contributed by atoms with Gasteiger partial charge in [0.15, 0.2) is 0 Å². The molecule has 2 N–H and O–H groups in total. The van der Waals surface area contributed by atoms with Crippen molar-refractivity contribution < 1.29 is 4.74 Å². The van der Waals surface area contributed by atoms with Crippen LogP contribution < -0.4 is 10.5 Å². The smallest absolute Gasteiger partial charge is 0.120 e. The van der Waals surface area contributed by atoms with Gasteiger partial charge in [0.1, 0.15) is 5.75 Å². The van der Waals surface area contributed by atoms with E-state index >= 15 is 0 Å². The number of rotatable bonds is 4. The molecule has 0 amide bonds. The molecule has 1 aromatic carbocycles. The lowest BCUT2D eigenvalue weighted by molar-refractivity contribution is 0.299. The first-order chi connectivity index (χ1) is 6.79. The number of halogens is 1. The minimum atomic E-state index is 0.559. The molecular formula is C11H14BrNO. The molecule has 0 aromatic heterocycles. The Bertz CT molecular complexity index is 323. The summed E-state index contributed by atoms with van der Waals surface area (Å²) in [6.07, 6.45) is 2.64. The van der Waals surface area contributed by atoms with Crippen LogP contribution in [0.1, 0.15) is 18.4 Å². The van der Waals surface area contributed by atoms with E-state index in [2.05, 4.69) is 15.9 Å². The van der Waals surface area contributed by atoms with Crippen LogP contribution in [0.5, 0.6) is 5.75 Å². The van der Waals surface area contributed by atoms with Crippen LogP contribution in [0.15, 0.2) is 22.7 Å². The Hall–Kier alpha value is -0.540. The van der Waals surface area contributed by atoms with Gasteiger partial charge in [0.25, 0.3) is 0 Å². The highest BCUT2D eigenvalue weighted by Gasteiger charge is 2.21. The second kappa shape index (κ2) is 4.32. The number of nitrogens with two attached hydrogens (primary N) is 1. The average molecular weight is 256 g/mol. The van der Waals surface area contributed by atoms with Gasteiger partial charge in [0, 0.05) is 11.0 Å². The number of hydrogen-bond acceptors (Lipinski definition) is 2. The maximum atomic E-state index is 5.64. The van der Waals surface area contributed by atoms with Crippen molar-refractivity contribution in [2.75, 3.05) is 6.61 Å². The molecule has 14 heavy (non-hydrogen) atoms. The van der Waals surface area contributed by atoms with Gasteiger partial charge in [-0.2, -0.15) is 0 Å². The third kappa shape index (κ3) is 2.49. The highest BCUT2D eigenvalue weighted by molar-refractivity contribution is 9.10. The molecule has 1 saturated carbocycles. The molecule has 0 radical (unpaired) electrons. The molecule has 2 rings (SSSR count). The molecule has 76 valence electrons. The van der Waals surface area contributed by atoms with Crippen molar-refractivity contribution in [3.8, 4) is 5.75 Å². The van der Waals surface area contributed by atoms with Gasteiger partial charge in [-0.25, -0.2) is 0 Å². The first kappa shape index (κ1) is 9.99. The number of hydrogen-bond donors (Lipinski definition) is 1. The first-order valence-corrected chi connectivity index (χ1v) is 5.70. The van der Waals surface area contributed by atoms with E-state index < -0.39 is 0 Å². The van der Waals surface area contributed by atoms with Crippen LogP contribution >= 0.6 is 15.9 Å². The third-order valence-electron chi connectivity index (χ3n) is 2.43. The zero-order valence-corrected chi connectivity index (χ0v) is 9.59. The summed E-state index contributed by atoms with van der Waals surface area (Å²) in [4.78, 5) is 0. The van der Waals surface area contributed by atoms with E-state index in [1.165, 1.54) is 12.8 Å². The van der Waals surface area contributed by atoms with Gasteiger partial charge in [-0.3, -0.25) is 0 Å². The van der Waals surface area contributed by atoms with Gasteiger partial charge in [0.05, 0.1) is 6.61 Å². The predicted octanol–water partition coefficient (Wildman–Crippen LogP) is 2.70.